The number of carbonyl (C=O) groups excluding carboxylic acids is 2. The predicted octanol–water partition coefficient (Wildman–Crippen LogP) is 4.97. The number of hydrogen-bond donors (Lipinski definition) is 1. The van der Waals surface area contributed by atoms with Crippen LogP contribution in [-0.2, 0) is 17.9 Å². The van der Waals surface area contributed by atoms with E-state index >= 15 is 0 Å². The topological polar surface area (TPSA) is 63.6 Å². The lowest BCUT2D eigenvalue weighted by atomic mass is 9.93. The highest BCUT2D eigenvalue weighted by molar-refractivity contribution is 7.17. The second kappa shape index (κ2) is 8.86. The maximum Gasteiger partial charge on any atom is 0.271 e. The van der Waals surface area contributed by atoms with Crippen molar-refractivity contribution in [3.05, 3.63) is 53.0 Å². The summed E-state index contributed by atoms with van der Waals surface area (Å²) in [6, 6.07) is 11.9. The SMILES string of the molecule is COc1ccc(CN2C(=O)c3cc4sccc4n3CC2(C)C(=O)NC2CCCCCC2)cc1. The highest BCUT2D eigenvalue weighted by atomic mass is 32.1. The molecule has 5 rings (SSSR count). The van der Waals surface area contributed by atoms with E-state index in [0.29, 0.717) is 18.8 Å². The summed E-state index contributed by atoms with van der Waals surface area (Å²) in [6.07, 6.45) is 6.78. The van der Waals surface area contributed by atoms with Crippen molar-refractivity contribution in [2.24, 2.45) is 0 Å². The molecule has 1 aromatic carbocycles. The fourth-order valence-corrected chi connectivity index (χ4v) is 6.02. The van der Waals surface area contributed by atoms with Crippen LogP contribution in [0.25, 0.3) is 10.2 Å². The molecule has 1 aliphatic carbocycles. The molecule has 3 aromatic rings. The molecule has 2 amide bonds. The normalized spacial score (nSPS) is 21.6. The van der Waals surface area contributed by atoms with Gasteiger partial charge in [0.15, 0.2) is 0 Å². The number of carbonyl (C=O) groups is 2. The molecule has 7 heteroatoms. The number of hydrogen-bond acceptors (Lipinski definition) is 4. The number of nitrogens with one attached hydrogen (secondary N) is 1. The number of amides is 2. The maximum absolute atomic E-state index is 13.8. The summed E-state index contributed by atoms with van der Waals surface area (Å²) >= 11 is 1.63. The lowest BCUT2D eigenvalue weighted by molar-refractivity contribution is -0.134. The number of benzene rings is 1. The fraction of sp³-hybridized carbons (Fsp3) is 0.462. The molecule has 0 radical (unpaired) electrons. The molecule has 1 saturated carbocycles. The molecule has 3 heterocycles. The van der Waals surface area contributed by atoms with Gasteiger partial charge in [0.05, 0.1) is 23.9 Å². The Morgan fingerprint density at radius 1 is 1.15 bits per heavy atom. The molecule has 1 fully saturated rings. The van der Waals surface area contributed by atoms with E-state index in [1.807, 2.05) is 53.3 Å². The van der Waals surface area contributed by atoms with Crippen molar-refractivity contribution >= 4 is 33.4 Å². The highest BCUT2D eigenvalue weighted by Crippen LogP contribution is 2.35. The van der Waals surface area contributed by atoms with Crippen molar-refractivity contribution in [3.63, 3.8) is 0 Å². The van der Waals surface area contributed by atoms with Crippen molar-refractivity contribution in [1.82, 2.24) is 14.8 Å². The van der Waals surface area contributed by atoms with E-state index in [1.54, 1.807) is 23.3 Å². The van der Waals surface area contributed by atoms with Crippen LogP contribution in [0.3, 0.4) is 0 Å². The number of aromatic nitrogens is 1. The molecule has 2 aromatic heterocycles. The van der Waals surface area contributed by atoms with Crippen molar-refractivity contribution in [2.45, 2.75) is 70.1 Å². The Balaban J connectivity index is 1.50. The summed E-state index contributed by atoms with van der Waals surface area (Å²) in [7, 11) is 1.64. The van der Waals surface area contributed by atoms with Crippen molar-refractivity contribution < 1.29 is 14.3 Å². The minimum atomic E-state index is -0.982. The van der Waals surface area contributed by atoms with Crippen molar-refractivity contribution in [3.8, 4) is 5.75 Å². The number of thiophene rings is 1. The summed E-state index contributed by atoms with van der Waals surface area (Å²) < 4.78 is 8.39. The molecule has 0 spiro atoms. The largest absolute Gasteiger partial charge is 0.497 e. The van der Waals surface area contributed by atoms with E-state index in [-0.39, 0.29) is 17.9 Å². The molecule has 1 atom stereocenters. The first-order valence-electron chi connectivity index (χ1n) is 11.8. The molecule has 6 nitrogen and oxygen atoms in total. The fourth-order valence-electron chi connectivity index (χ4n) is 5.20. The van der Waals surface area contributed by atoms with Gasteiger partial charge < -0.3 is 19.5 Å². The van der Waals surface area contributed by atoms with Gasteiger partial charge in [-0.05, 0) is 55.0 Å². The Kier molecular flexibility index (Phi) is 5.91. The third-order valence-electron chi connectivity index (χ3n) is 7.23. The summed E-state index contributed by atoms with van der Waals surface area (Å²) in [5.41, 5.74) is 1.68. The first-order chi connectivity index (χ1) is 16.0. The first-order valence-corrected chi connectivity index (χ1v) is 12.7. The van der Waals surface area contributed by atoms with E-state index < -0.39 is 5.54 Å². The summed E-state index contributed by atoms with van der Waals surface area (Å²) in [4.78, 5) is 29.4. The van der Waals surface area contributed by atoms with Crippen LogP contribution >= 0.6 is 11.3 Å². The summed E-state index contributed by atoms with van der Waals surface area (Å²) in [5, 5.41) is 5.36. The van der Waals surface area contributed by atoms with E-state index in [4.69, 9.17) is 4.74 Å². The van der Waals surface area contributed by atoms with E-state index in [0.717, 1.165) is 47.2 Å². The summed E-state index contributed by atoms with van der Waals surface area (Å²) in [6.45, 7) is 2.74. The van der Waals surface area contributed by atoms with Gasteiger partial charge in [-0.2, -0.15) is 0 Å². The minimum absolute atomic E-state index is 0.0565. The standard InChI is InChI=1S/C26H31N3O3S/c1-26(25(31)27-19-7-5-3-4-6-8-19)17-28-21-13-14-33-23(21)15-22(28)24(30)29(26)16-18-9-11-20(32-2)12-10-18/h9-15,19H,3-8,16-17H2,1-2H3,(H,27,31). The van der Waals surface area contributed by atoms with Gasteiger partial charge in [-0.15, -0.1) is 11.3 Å². The number of nitrogens with zero attached hydrogens (tertiary/aromatic N) is 2. The number of methoxy groups -OCH3 is 1. The maximum atomic E-state index is 13.8. The van der Waals surface area contributed by atoms with Crippen LogP contribution in [0, 0.1) is 0 Å². The molecule has 0 saturated heterocycles. The van der Waals surface area contributed by atoms with Crippen molar-refractivity contribution in [1.29, 1.82) is 0 Å². The highest BCUT2D eigenvalue weighted by Gasteiger charge is 2.48. The van der Waals surface area contributed by atoms with Crippen LogP contribution in [0.1, 0.15) is 61.5 Å². The zero-order valence-corrected chi connectivity index (χ0v) is 20.1. The average molecular weight is 466 g/mol. The van der Waals surface area contributed by atoms with Gasteiger partial charge in [0.2, 0.25) is 5.91 Å². The zero-order chi connectivity index (χ0) is 23.0. The van der Waals surface area contributed by atoms with Crippen molar-refractivity contribution in [2.75, 3.05) is 7.11 Å². The second-order valence-electron chi connectivity index (χ2n) is 9.46. The molecule has 174 valence electrons. The third kappa shape index (κ3) is 4.03. The van der Waals surface area contributed by atoms with Gasteiger partial charge in [0.25, 0.3) is 5.91 Å². The predicted molar refractivity (Wildman–Crippen MR) is 131 cm³/mol. The third-order valence-corrected chi connectivity index (χ3v) is 8.08. The quantitative estimate of drug-likeness (QED) is 0.542. The molecule has 1 aliphatic heterocycles. The monoisotopic (exact) mass is 465 g/mol. The van der Waals surface area contributed by atoms with Gasteiger partial charge in [0.1, 0.15) is 17.0 Å². The molecule has 1 unspecified atom stereocenters. The Hall–Kier alpha value is -2.80. The molecule has 1 N–H and O–H groups in total. The molecule has 33 heavy (non-hydrogen) atoms. The molecule has 0 bridgehead atoms. The van der Waals surface area contributed by atoms with Gasteiger partial charge in [-0.3, -0.25) is 9.59 Å². The lowest BCUT2D eigenvalue weighted by Crippen LogP contribution is -2.64. The van der Waals surface area contributed by atoms with Gasteiger partial charge in [0, 0.05) is 12.6 Å². The summed E-state index contributed by atoms with van der Waals surface area (Å²) in [5.74, 6) is 0.615. The van der Waals surface area contributed by atoms with Crippen LogP contribution in [0.2, 0.25) is 0 Å². The van der Waals surface area contributed by atoms with Gasteiger partial charge in [-0.25, -0.2) is 0 Å². The van der Waals surface area contributed by atoms with Crippen LogP contribution in [0.4, 0.5) is 0 Å². The number of rotatable bonds is 5. The Labute approximate surface area is 198 Å². The zero-order valence-electron chi connectivity index (χ0n) is 19.3. The second-order valence-corrected chi connectivity index (χ2v) is 10.4. The van der Waals surface area contributed by atoms with E-state index in [2.05, 4.69) is 5.32 Å². The van der Waals surface area contributed by atoms with Crippen LogP contribution in [0.5, 0.6) is 5.75 Å². The Morgan fingerprint density at radius 2 is 1.88 bits per heavy atom. The molecular formula is C26H31N3O3S. The lowest BCUT2D eigenvalue weighted by Gasteiger charge is -2.44. The minimum Gasteiger partial charge on any atom is -0.497 e. The molecular weight excluding hydrogens is 434 g/mol. The smallest absolute Gasteiger partial charge is 0.271 e. The van der Waals surface area contributed by atoms with Crippen LogP contribution in [-0.4, -0.2) is 40.0 Å². The van der Waals surface area contributed by atoms with Gasteiger partial charge in [-0.1, -0.05) is 37.8 Å². The van der Waals surface area contributed by atoms with E-state index in [1.165, 1.54) is 12.8 Å². The average Bonchev–Trinajstić information content (AvgIpc) is 3.31. The number of ether oxygens (including phenoxy) is 1. The number of fused-ring (bicyclic) bond motifs is 3. The van der Waals surface area contributed by atoms with Crippen LogP contribution in [0.15, 0.2) is 41.8 Å². The molecule has 2 aliphatic rings. The first kappa shape index (κ1) is 22.0. The Bertz CT molecular complexity index is 1160. The Morgan fingerprint density at radius 3 is 2.58 bits per heavy atom. The van der Waals surface area contributed by atoms with Gasteiger partial charge >= 0.3 is 0 Å². The van der Waals surface area contributed by atoms with E-state index in [9.17, 15) is 9.59 Å². The van der Waals surface area contributed by atoms with Crippen LogP contribution < -0.4 is 10.1 Å².